The second-order valence-corrected chi connectivity index (χ2v) is 10.6. The normalized spacial score (nSPS) is 18.1. The smallest absolute Gasteiger partial charge is 0.410 e. The van der Waals surface area contributed by atoms with Gasteiger partial charge in [0, 0.05) is 32.0 Å². The lowest BCUT2D eigenvalue weighted by Crippen LogP contribution is -2.58. The molecule has 10 nitrogen and oxygen atoms in total. The molecular weight excluding hydrogens is 503 g/mol. The summed E-state index contributed by atoms with van der Waals surface area (Å²) in [6.07, 6.45) is 7.69. The van der Waals surface area contributed by atoms with Gasteiger partial charge in [0.25, 0.3) is 0 Å². The Morgan fingerprint density at radius 3 is 2.41 bits per heavy atom. The molecule has 2 aromatic heterocycles. The van der Waals surface area contributed by atoms with Crippen molar-refractivity contribution in [3.8, 4) is 5.82 Å². The third-order valence-electron chi connectivity index (χ3n) is 7.12. The van der Waals surface area contributed by atoms with Crippen LogP contribution in [0.25, 0.3) is 5.82 Å². The molecule has 2 aliphatic rings. The highest BCUT2D eigenvalue weighted by atomic mass is 19.1. The zero-order valence-electron chi connectivity index (χ0n) is 22.8. The molecule has 0 aliphatic carbocycles. The first-order valence-electron chi connectivity index (χ1n) is 12.9. The van der Waals surface area contributed by atoms with Crippen molar-refractivity contribution in [1.29, 1.82) is 0 Å². The van der Waals surface area contributed by atoms with Crippen LogP contribution in [-0.2, 0) is 14.3 Å². The molecule has 0 N–H and O–H groups in total. The van der Waals surface area contributed by atoms with E-state index in [-0.39, 0.29) is 6.04 Å². The largest absolute Gasteiger partial charge is 0.444 e. The molecule has 1 saturated heterocycles. The molecule has 11 heteroatoms. The van der Waals surface area contributed by atoms with Gasteiger partial charge in [-0.1, -0.05) is 6.07 Å². The van der Waals surface area contributed by atoms with E-state index < -0.39 is 23.1 Å². The van der Waals surface area contributed by atoms with Crippen LogP contribution in [0.3, 0.4) is 0 Å². The Bertz CT molecular complexity index is 1340. The molecule has 39 heavy (non-hydrogen) atoms. The van der Waals surface area contributed by atoms with Crippen molar-refractivity contribution in [2.24, 2.45) is 0 Å². The summed E-state index contributed by atoms with van der Waals surface area (Å²) >= 11 is 0. The summed E-state index contributed by atoms with van der Waals surface area (Å²) in [5.41, 5.74) is -0.0530. The van der Waals surface area contributed by atoms with Gasteiger partial charge in [-0.3, -0.25) is 0 Å². The summed E-state index contributed by atoms with van der Waals surface area (Å²) in [7, 11) is 0. The lowest BCUT2D eigenvalue weighted by molar-refractivity contribution is 0.00558. The Balaban J connectivity index is 1.66. The van der Waals surface area contributed by atoms with E-state index in [2.05, 4.69) is 16.0 Å². The lowest BCUT2D eigenvalue weighted by atomic mass is 9.81. The first kappa shape index (κ1) is 27.8. The van der Waals surface area contributed by atoms with Crippen molar-refractivity contribution < 1.29 is 23.5 Å². The number of halogens is 1. The summed E-state index contributed by atoms with van der Waals surface area (Å²) in [4.78, 5) is 47.2. The third-order valence-corrected chi connectivity index (χ3v) is 7.12. The fraction of sp³-hybridized carbons (Fsp3) is 0.464. The summed E-state index contributed by atoms with van der Waals surface area (Å²) in [6.45, 7) is 10.4. The summed E-state index contributed by atoms with van der Waals surface area (Å²) in [5.74, 6) is 4.19. The Kier molecular flexibility index (Phi) is 7.77. The third kappa shape index (κ3) is 5.50. The van der Waals surface area contributed by atoms with E-state index in [1.54, 1.807) is 34.3 Å². The van der Waals surface area contributed by atoms with Gasteiger partial charge in [0.2, 0.25) is 0 Å². The number of likely N-dealkylation sites (tertiary alicyclic amines) is 1. The minimum Gasteiger partial charge on any atom is -0.444 e. The second kappa shape index (κ2) is 10.9. The average molecular weight is 537 g/mol. The first-order chi connectivity index (χ1) is 18.5. The average Bonchev–Trinajstić information content (AvgIpc) is 3.30. The van der Waals surface area contributed by atoms with Gasteiger partial charge in [-0.25, -0.2) is 28.4 Å². The van der Waals surface area contributed by atoms with Crippen LogP contribution in [0, 0.1) is 5.82 Å². The Morgan fingerprint density at radius 1 is 1.18 bits per heavy atom. The van der Waals surface area contributed by atoms with Crippen molar-refractivity contribution in [1.82, 2.24) is 29.5 Å². The Hall–Kier alpha value is -4.20. The molecule has 1 amide bonds. The van der Waals surface area contributed by atoms with E-state index in [1.807, 2.05) is 51.5 Å². The van der Waals surface area contributed by atoms with Crippen molar-refractivity contribution >= 4 is 18.0 Å². The molecular formula is C28H33FN6O4. The molecule has 206 valence electrons. The molecule has 4 rings (SSSR count). The summed E-state index contributed by atoms with van der Waals surface area (Å²) < 4.78 is 20.3. The Morgan fingerprint density at radius 2 is 1.90 bits per heavy atom. The van der Waals surface area contributed by atoms with E-state index >= 15 is 0 Å². The maximum absolute atomic E-state index is 13.4. The van der Waals surface area contributed by atoms with Crippen LogP contribution in [-0.4, -0.2) is 78.2 Å². The molecule has 4 heterocycles. The van der Waals surface area contributed by atoms with Gasteiger partial charge >= 0.3 is 6.09 Å². The summed E-state index contributed by atoms with van der Waals surface area (Å²) in [5, 5.41) is 3.94. The number of nitrogens with zero attached hydrogens (tertiary/aromatic N) is 6. The number of rotatable bonds is 4. The maximum atomic E-state index is 13.4. The molecule has 0 saturated carbocycles. The molecule has 1 fully saturated rings. The highest BCUT2D eigenvalue weighted by molar-refractivity contribution is 5.69. The zero-order valence-corrected chi connectivity index (χ0v) is 22.8. The number of carbonyl (C=O) groups is 1. The minimum atomic E-state index is -0.889. The monoisotopic (exact) mass is 536 g/mol. The second-order valence-electron chi connectivity index (χ2n) is 10.6. The van der Waals surface area contributed by atoms with Crippen LogP contribution < -0.4 is 0 Å². The van der Waals surface area contributed by atoms with Gasteiger partial charge in [-0.05, 0) is 65.2 Å². The van der Waals surface area contributed by atoms with Crippen LogP contribution in [0.15, 0.2) is 54.4 Å². The minimum absolute atomic E-state index is 0.319. The van der Waals surface area contributed by atoms with E-state index in [0.717, 1.165) is 11.8 Å². The summed E-state index contributed by atoms with van der Waals surface area (Å²) in [6, 6.07) is 3.19. The van der Waals surface area contributed by atoms with Crippen LogP contribution in [0.2, 0.25) is 0 Å². The number of amides is 1. The molecule has 0 bridgehead atoms. The molecule has 1 spiro atoms. The fourth-order valence-electron chi connectivity index (χ4n) is 5.21. The van der Waals surface area contributed by atoms with Gasteiger partial charge in [-0.15, -0.1) is 0 Å². The number of hydrogen-bond donors (Lipinski definition) is 0. The Labute approximate surface area is 227 Å². The standard InChI is InChI=1S/C28H33FN6O4/c1-6-34-23(18-36)9-12-33(20(2)21-7-8-25(30-15-21)35-17-22(29)16-31-35)24(19-37)28(34)10-13-32(14-11-28)26(38)39-27(3,4)5/h7-9,12,15-17,20H,6,10-11,13-14H2,1-5H3/t20-/m0/s1. The maximum Gasteiger partial charge on any atom is 0.410 e. The van der Waals surface area contributed by atoms with Crippen molar-refractivity contribution in [3.05, 3.63) is 65.8 Å². The number of likely N-dealkylation sites (N-methyl/N-ethyl adjacent to an activating group) is 1. The van der Waals surface area contributed by atoms with E-state index in [4.69, 9.17) is 4.74 Å². The number of hydrogen-bond acceptors (Lipinski definition) is 8. The number of aromatic nitrogens is 3. The number of piperidine rings is 1. The topological polar surface area (TPSA) is 101 Å². The highest BCUT2D eigenvalue weighted by Gasteiger charge is 2.49. The fourth-order valence-corrected chi connectivity index (χ4v) is 5.21. The molecule has 2 aliphatic heterocycles. The number of pyridine rings is 1. The molecule has 0 aromatic carbocycles. The van der Waals surface area contributed by atoms with Gasteiger partial charge in [0.1, 0.15) is 28.9 Å². The molecule has 0 unspecified atom stereocenters. The SMILES string of the molecule is CCN1C(=C=O)C=CN([C@@H](C)c2ccc(-n3cc(F)cn3)nc2)C(=C=O)C12CCN(C(=O)OC(C)(C)C)CC2. The van der Waals surface area contributed by atoms with Crippen molar-refractivity contribution in [3.63, 3.8) is 0 Å². The predicted octanol–water partition coefficient (Wildman–Crippen LogP) is 3.82. The highest BCUT2D eigenvalue weighted by Crippen LogP contribution is 2.43. The molecule has 0 radical (unpaired) electrons. The van der Waals surface area contributed by atoms with Crippen LogP contribution in [0.1, 0.15) is 59.1 Å². The van der Waals surface area contributed by atoms with E-state index in [1.165, 1.54) is 10.9 Å². The predicted molar refractivity (Wildman–Crippen MR) is 141 cm³/mol. The lowest BCUT2D eigenvalue weighted by Gasteiger charge is -2.50. The van der Waals surface area contributed by atoms with Crippen LogP contribution >= 0.6 is 0 Å². The van der Waals surface area contributed by atoms with Gasteiger partial charge in [-0.2, -0.15) is 5.10 Å². The van der Waals surface area contributed by atoms with Crippen LogP contribution in [0.5, 0.6) is 0 Å². The van der Waals surface area contributed by atoms with Gasteiger partial charge < -0.3 is 19.4 Å². The number of carbonyl (C=O) groups excluding carboxylic acids is 3. The zero-order chi connectivity index (χ0) is 28.4. The molecule has 1 atom stereocenters. The number of allylic oxidation sites excluding steroid dienone is 1. The van der Waals surface area contributed by atoms with E-state index in [0.29, 0.717) is 49.7 Å². The van der Waals surface area contributed by atoms with Crippen LogP contribution in [0.4, 0.5) is 9.18 Å². The van der Waals surface area contributed by atoms with Gasteiger partial charge in [0.05, 0.1) is 24.0 Å². The van der Waals surface area contributed by atoms with Crippen molar-refractivity contribution in [2.75, 3.05) is 19.6 Å². The first-order valence-corrected chi connectivity index (χ1v) is 12.9. The quantitative estimate of drug-likeness (QED) is 0.544. The van der Waals surface area contributed by atoms with Gasteiger partial charge in [0.15, 0.2) is 11.6 Å². The molecule has 2 aromatic rings. The number of ether oxygens (including phenoxy) is 1. The van der Waals surface area contributed by atoms with Crippen molar-refractivity contribution in [2.45, 2.75) is 64.6 Å². The van der Waals surface area contributed by atoms with E-state index in [9.17, 15) is 18.8 Å².